The van der Waals surface area contributed by atoms with Crippen LogP contribution >= 0.6 is 11.6 Å². The number of hydrogen-bond donors (Lipinski definition) is 1. The van der Waals surface area contributed by atoms with Crippen molar-refractivity contribution in [2.24, 2.45) is 12.5 Å². The Kier molecular flexibility index (Phi) is 5.81. The van der Waals surface area contributed by atoms with Crippen LogP contribution in [0.15, 0.2) is 6.20 Å². The van der Waals surface area contributed by atoms with Crippen molar-refractivity contribution < 1.29 is 9.53 Å². The van der Waals surface area contributed by atoms with Crippen LogP contribution in [0, 0.1) is 5.41 Å². The fraction of sp³-hybridized carbons (Fsp3) is 0.765. The SMILES string of the molecule is Cn1c(Cl)cnc1CNCC1(C)CCN(C(=O)OC(C)(C)C)CC1. The maximum Gasteiger partial charge on any atom is 0.410 e. The maximum absolute atomic E-state index is 12.1. The van der Waals surface area contributed by atoms with Gasteiger partial charge in [0, 0.05) is 26.7 Å². The number of amides is 1. The van der Waals surface area contributed by atoms with Gasteiger partial charge in [-0.1, -0.05) is 18.5 Å². The lowest BCUT2D eigenvalue weighted by atomic mass is 9.80. The first-order valence-corrected chi connectivity index (χ1v) is 8.82. The Morgan fingerprint density at radius 1 is 1.42 bits per heavy atom. The van der Waals surface area contributed by atoms with Gasteiger partial charge >= 0.3 is 6.09 Å². The first-order valence-electron chi connectivity index (χ1n) is 8.44. The molecule has 7 heteroatoms. The van der Waals surface area contributed by atoms with Crippen LogP contribution in [0.5, 0.6) is 0 Å². The number of rotatable bonds is 4. The molecule has 0 aromatic carbocycles. The molecule has 1 amide bonds. The van der Waals surface area contributed by atoms with Crippen molar-refractivity contribution >= 4 is 17.7 Å². The molecule has 1 saturated heterocycles. The van der Waals surface area contributed by atoms with Gasteiger partial charge in [-0.15, -0.1) is 0 Å². The van der Waals surface area contributed by atoms with Crippen molar-refractivity contribution in [3.63, 3.8) is 0 Å². The molecule has 1 aromatic heterocycles. The van der Waals surface area contributed by atoms with Gasteiger partial charge in [0.25, 0.3) is 0 Å². The Morgan fingerprint density at radius 3 is 2.54 bits per heavy atom. The van der Waals surface area contributed by atoms with Gasteiger partial charge in [0.1, 0.15) is 16.6 Å². The smallest absolute Gasteiger partial charge is 0.410 e. The second-order valence-corrected chi connectivity index (χ2v) is 8.33. The Labute approximate surface area is 149 Å². The molecule has 0 bridgehead atoms. The molecule has 1 N–H and O–H groups in total. The summed E-state index contributed by atoms with van der Waals surface area (Å²) in [5.41, 5.74) is -0.268. The number of carbonyl (C=O) groups excluding carboxylic acids is 1. The standard InChI is InChI=1S/C17H29ClN4O2/c1-16(2,3)24-15(23)22-8-6-17(4,7-9-22)12-19-11-14-20-10-13(18)21(14)5/h10,19H,6-9,11-12H2,1-5H3. The van der Waals surface area contributed by atoms with Crippen molar-refractivity contribution in [3.8, 4) is 0 Å². The number of ether oxygens (including phenoxy) is 1. The number of nitrogens with zero attached hydrogens (tertiary/aromatic N) is 3. The minimum absolute atomic E-state index is 0.174. The molecule has 0 radical (unpaired) electrons. The number of piperidine rings is 1. The molecule has 0 aliphatic carbocycles. The average Bonchev–Trinajstić information content (AvgIpc) is 2.78. The maximum atomic E-state index is 12.1. The molecule has 1 fully saturated rings. The van der Waals surface area contributed by atoms with Crippen LogP contribution in [0.3, 0.4) is 0 Å². The summed E-state index contributed by atoms with van der Waals surface area (Å²) >= 11 is 6.00. The topological polar surface area (TPSA) is 59.4 Å². The highest BCUT2D eigenvalue weighted by Crippen LogP contribution is 2.30. The van der Waals surface area contributed by atoms with Gasteiger partial charge in [-0.3, -0.25) is 0 Å². The molecule has 1 aliphatic heterocycles. The third kappa shape index (κ3) is 5.11. The Morgan fingerprint density at radius 2 is 2.04 bits per heavy atom. The summed E-state index contributed by atoms with van der Waals surface area (Å²) in [5, 5.41) is 4.11. The average molecular weight is 357 g/mol. The van der Waals surface area contributed by atoms with Gasteiger partial charge in [-0.25, -0.2) is 9.78 Å². The highest BCUT2D eigenvalue weighted by molar-refractivity contribution is 6.29. The largest absolute Gasteiger partial charge is 0.444 e. The summed E-state index contributed by atoms with van der Waals surface area (Å²) in [6.45, 7) is 11.0. The lowest BCUT2D eigenvalue weighted by molar-refractivity contribution is 0.0119. The number of halogens is 1. The van der Waals surface area contributed by atoms with Gasteiger partial charge in [-0.05, 0) is 39.0 Å². The molecular weight excluding hydrogens is 328 g/mol. The van der Waals surface area contributed by atoms with E-state index in [0.717, 1.165) is 38.3 Å². The molecule has 2 rings (SSSR count). The van der Waals surface area contributed by atoms with Crippen LogP contribution in [-0.2, 0) is 18.3 Å². The Hall–Kier alpha value is -1.27. The zero-order valence-corrected chi connectivity index (χ0v) is 16.1. The van der Waals surface area contributed by atoms with E-state index in [1.807, 2.05) is 37.3 Å². The van der Waals surface area contributed by atoms with Gasteiger partial charge in [0.05, 0.1) is 12.7 Å². The van der Waals surface area contributed by atoms with Gasteiger partial charge in [-0.2, -0.15) is 0 Å². The second-order valence-electron chi connectivity index (χ2n) is 7.94. The third-order valence-electron chi connectivity index (χ3n) is 4.48. The third-order valence-corrected chi connectivity index (χ3v) is 4.84. The van der Waals surface area contributed by atoms with Crippen molar-refractivity contribution in [2.45, 2.75) is 52.7 Å². The molecule has 1 aromatic rings. The van der Waals surface area contributed by atoms with Gasteiger partial charge in [0.2, 0.25) is 0 Å². The van der Waals surface area contributed by atoms with E-state index in [9.17, 15) is 4.79 Å². The summed E-state index contributed by atoms with van der Waals surface area (Å²) < 4.78 is 7.32. The monoisotopic (exact) mass is 356 g/mol. The number of hydrogen-bond acceptors (Lipinski definition) is 4. The fourth-order valence-electron chi connectivity index (χ4n) is 2.80. The molecule has 136 valence electrons. The quantitative estimate of drug-likeness (QED) is 0.900. The minimum atomic E-state index is -0.442. The lowest BCUT2D eigenvalue weighted by Crippen LogP contribution is -2.47. The zero-order valence-electron chi connectivity index (χ0n) is 15.4. The Bertz CT molecular complexity index is 572. The molecule has 0 spiro atoms. The van der Waals surface area contributed by atoms with E-state index in [-0.39, 0.29) is 11.5 Å². The summed E-state index contributed by atoms with van der Waals surface area (Å²) in [5.74, 6) is 0.926. The summed E-state index contributed by atoms with van der Waals surface area (Å²) in [7, 11) is 1.91. The van der Waals surface area contributed by atoms with Crippen molar-refractivity contribution in [1.29, 1.82) is 0 Å². The van der Waals surface area contributed by atoms with Crippen molar-refractivity contribution in [1.82, 2.24) is 19.8 Å². The molecule has 0 unspecified atom stereocenters. The minimum Gasteiger partial charge on any atom is -0.444 e. The van der Waals surface area contributed by atoms with Crippen LogP contribution in [0.1, 0.15) is 46.4 Å². The predicted octanol–water partition coefficient (Wildman–Crippen LogP) is 3.20. The van der Waals surface area contributed by atoms with Crippen LogP contribution < -0.4 is 5.32 Å². The fourth-order valence-corrected chi connectivity index (χ4v) is 2.94. The summed E-state index contributed by atoms with van der Waals surface area (Å²) in [4.78, 5) is 18.2. The van der Waals surface area contributed by atoms with Crippen LogP contribution in [0.4, 0.5) is 4.79 Å². The number of nitrogens with one attached hydrogen (secondary N) is 1. The van der Waals surface area contributed by atoms with E-state index in [1.54, 1.807) is 6.20 Å². The van der Waals surface area contributed by atoms with Crippen LogP contribution in [0.2, 0.25) is 5.15 Å². The Balaban J connectivity index is 1.77. The molecule has 2 heterocycles. The van der Waals surface area contributed by atoms with E-state index in [2.05, 4.69) is 17.2 Å². The lowest BCUT2D eigenvalue weighted by Gasteiger charge is -2.39. The molecular formula is C17H29ClN4O2. The normalized spacial score (nSPS) is 17.8. The van der Waals surface area contributed by atoms with Gasteiger partial charge in [0.15, 0.2) is 0 Å². The number of likely N-dealkylation sites (tertiary alicyclic amines) is 1. The highest BCUT2D eigenvalue weighted by Gasteiger charge is 2.33. The van der Waals surface area contributed by atoms with E-state index in [1.165, 1.54) is 0 Å². The van der Waals surface area contributed by atoms with E-state index in [0.29, 0.717) is 11.7 Å². The molecule has 0 saturated carbocycles. The molecule has 24 heavy (non-hydrogen) atoms. The van der Waals surface area contributed by atoms with Crippen LogP contribution in [-0.4, -0.2) is 45.8 Å². The highest BCUT2D eigenvalue weighted by atomic mass is 35.5. The second kappa shape index (κ2) is 7.31. The first kappa shape index (κ1) is 19.1. The molecule has 1 aliphatic rings. The first-order chi connectivity index (χ1) is 11.1. The molecule has 6 nitrogen and oxygen atoms in total. The van der Waals surface area contributed by atoms with Crippen LogP contribution in [0.25, 0.3) is 0 Å². The summed E-state index contributed by atoms with van der Waals surface area (Å²) in [6, 6.07) is 0. The summed E-state index contributed by atoms with van der Waals surface area (Å²) in [6.07, 6.45) is 3.38. The predicted molar refractivity (Wildman–Crippen MR) is 95.1 cm³/mol. The van der Waals surface area contributed by atoms with Crippen molar-refractivity contribution in [3.05, 3.63) is 17.2 Å². The van der Waals surface area contributed by atoms with Crippen molar-refractivity contribution in [2.75, 3.05) is 19.6 Å². The number of aromatic nitrogens is 2. The zero-order chi connectivity index (χ0) is 18.0. The van der Waals surface area contributed by atoms with Gasteiger partial charge < -0.3 is 19.5 Å². The van der Waals surface area contributed by atoms with E-state index in [4.69, 9.17) is 16.3 Å². The number of imidazole rings is 1. The van der Waals surface area contributed by atoms with E-state index < -0.39 is 5.60 Å². The molecule has 0 atom stereocenters. The van der Waals surface area contributed by atoms with E-state index >= 15 is 0 Å². The number of carbonyl (C=O) groups is 1.